The van der Waals surface area contributed by atoms with Crippen LogP contribution in [-0.4, -0.2) is 34.4 Å². The van der Waals surface area contributed by atoms with Crippen molar-refractivity contribution in [3.05, 3.63) is 44.4 Å². The largest absolute Gasteiger partial charge is 0.505 e. The molecule has 0 saturated carbocycles. The van der Waals surface area contributed by atoms with Gasteiger partial charge in [-0.05, 0) is 42.9 Å². The van der Waals surface area contributed by atoms with Crippen molar-refractivity contribution in [1.82, 2.24) is 0 Å². The molecular weight excluding hydrogens is 483 g/mol. The van der Waals surface area contributed by atoms with Crippen LogP contribution in [0, 0.1) is 0 Å². The highest BCUT2D eigenvalue weighted by Crippen LogP contribution is 2.45. The molecule has 0 saturated heterocycles. The smallest absolute Gasteiger partial charge is 0.347 e. The fourth-order valence-corrected chi connectivity index (χ4v) is 4.27. The monoisotopic (exact) mass is 512 g/mol. The number of halogens is 2. The quantitative estimate of drug-likeness (QED) is 0.163. The number of unbranched alkanes of at least 4 members (excludes halogenated alkanes) is 4. The molecule has 0 aliphatic rings. The van der Waals surface area contributed by atoms with Crippen molar-refractivity contribution in [2.24, 2.45) is 0 Å². The van der Waals surface area contributed by atoms with Crippen molar-refractivity contribution in [1.29, 1.82) is 0 Å². The van der Waals surface area contributed by atoms with Gasteiger partial charge in [0.2, 0.25) is 0 Å². The van der Waals surface area contributed by atoms with E-state index in [1.54, 1.807) is 0 Å². The third-order valence-corrected chi connectivity index (χ3v) is 6.28. The minimum absolute atomic E-state index is 0.0113. The number of carbonyl (C=O) groups excluding carboxylic acids is 1. The van der Waals surface area contributed by atoms with Gasteiger partial charge in [0.05, 0.1) is 12.1 Å². The first-order valence-corrected chi connectivity index (χ1v) is 12.0. The summed E-state index contributed by atoms with van der Waals surface area (Å²) in [5, 5.41) is 29.8. The number of phenolic OH excluding ortho intramolecular Hbond substituents is 2. The summed E-state index contributed by atoms with van der Waals surface area (Å²) in [4.78, 5) is 25.0. The molecule has 7 nitrogen and oxygen atoms in total. The summed E-state index contributed by atoms with van der Waals surface area (Å²) in [6, 6.07) is 2.79. The van der Waals surface area contributed by atoms with Gasteiger partial charge in [-0.15, -0.1) is 0 Å². The van der Waals surface area contributed by atoms with Crippen LogP contribution in [0.1, 0.15) is 84.2 Å². The zero-order valence-electron chi connectivity index (χ0n) is 19.5. The Balaban J connectivity index is 2.52. The summed E-state index contributed by atoms with van der Waals surface area (Å²) in [6.07, 6.45) is 5.83. The highest BCUT2D eigenvalue weighted by molar-refractivity contribution is 6.39. The number of phenols is 2. The number of carbonyl (C=O) groups is 2. The maximum atomic E-state index is 13.2. The predicted molar refractivity (Wildman–Crippen MR) is 131 cm³/mol. The second kappa shape index (κ2) is 12.7. The number of carboxylic acids is 1. The number of aromatic hydroxyl groups is 2. The summed E-state index contributed by atoms with van der Waals surface area (Å²) in [6.45, 7) is 4.05. The lowest BCUT2D eigenvalue weighted by atomic mass is 9.99. The average molecular weight is 513 g/mol. The molecule has 0 aliphatic carbocycles. The first-order valence-electron chi connectivity index (χ1n) is 11.3. The third kappa shape index (κ3) is 6.27. The number of hydrogen-bond acceptors (Lipinski definition) is 6. The Morgan fingerprint density at radius 3 is 2.06 bits per heavy atom. The minimum Gasteiger partial charge on any atom is -0.505 e. The zero-order valence-corrected chi connectivity index (χ0v) is 21.1. The van der Waals surface area contributed by atoms with Gasteiger partial charge in [-0.25, -0.2) is 9.59 Å². The minimum atomic E-state index is -1.14. The van der Waals surface area contributed by atoms with Gasteiger partial charge in [0.15, 0.2) is 11.5 Å². The van der Waals surface area contributed by atoms with E-state index in [9.17, 15) is 24.9 Å². The van der Waals surface area contributed by atoms with Gasteiger partial charge in [0, 0.05) is 6.07 Å². The molecule has 0 spiro atoms. The summed E-state index contributed by atoms with van der Waals surface area (Å²) in [5.41, 5.74) is 0.476. The standard InChI is InChI=1S/C25H30Cl2O7/c1-4-6-8-10-14-12-15(13-17(33-3)18(14)24(30)31)34-25(32)19-16(11-9-7-5-2)20(26)23(29)21(27)22(19)28/h12-13,28-29H,4-11H2,1-3H3,(H,30,31). The summed E-state index contributed by atoms with van der Waals surface area (Å²) >= 11 is 12.3. The van der Waals surface area contributed by atoms with Crippen LogP contribution in [0.5, 0.6) is 23.0 Å². The van der Waals surface area contributed by atoms with Gasteiger partial charge in [-0.2, -0.15) is 0 Å². The number of esters is 1. The molecule has 0 radical (unpaired) electrons. The second-order valence-electron chi connectivity index (χ2n) is 7.95. The van der Waals surface area contributed by atoms with E-state index in [1.807, 2.05) is 13.8 Å². The second-order valence-corrected chi connectivity index (χ2v) is 8.70. The van der Waals surface area contributed by atoms with Crippen LogP contribution in [0.25, 0.3) is 0 Å². The molecule has 0 bridgehead atoms. The number of rotatable bonds is 12. The number of benzene rings is 2. The van der Waals surface area contributed by atoms with Crippen LogP contribution >= 0.6 is 23.2 Å². The fraction of sp³-hybridized carbons (Fsp3) is 0.440. The first kappa shape index (κ1) is 27.6. The molecule has 0 heterocycles. The van der Waals surface area contributed by atoms with E-state index in [0.29, 0.717) is 24.8 Å². The van der Waals surface area contributed by atoms with Crippen molar-refractivity contribution in [2.45, 2.75) is 65.2 Å². The van der Waals surface area contributed by atoms with Crippen molar-refractivity contribution >= 4 is 35.1 Å². The molecule has 0 atom stereocenters. The summed E-state index contributed by atoms with van der Waals surface area (Å²) in [5.74, 6) is -3.10. The van der Waals surface area contributed by atoms with E-state index in [1.165, 1.54) is 19.2 Å². The van der Waals surface area contributed by atoms with Gasteiger partial charge >= 0.3 is 11.9 Å². The van der Waals surface area contributed by atoms with Gasteiger partial charge in [-0.3, -0.25) is 0 Å². The molecule has 2 aromatic carbocycles. The van der Waals surface area contributed by atoms with Crippen molar-refractivity contribution in [2.75, 3.05) is 7.11 Å². The van der Waals surface area contributed by atoms with Gasteiger partial charge in [0.25, 0.3) is 0 Å². The molecule has 0 aliphatic heterocycles. The Hall–Kier alpha value is -2.64. The maximum absolute atomic E-state index is 13.2. The van der Waals surface area contributed by atoms with Gasteiger partial charge in [-0.1, -0.05) is 62.7 Å². The molecule has 0 aromatic heterocycles. The Bertz CT molecular complexity index is 1050. The lowest BCUT2D eigenvalue weighted by Crippen LogP contribution is -2.14. The van der Waals surface area contributed by atoms with E-state index >= 15 is 0 Å². The van der Waals surface area contributed by atoms with Crippen LogP contribution in [0.3, 0.4) is 0 Å². The molecule has 0 fully saturated rings. The maximum Gasteiger partial charge on any atom is 0.347 e. The van der Waals surface area contributed by atoms with Crippen molar-refractivity contribution < 1.29 is 34.4 Å². The van der Waals surface area contributed by atoms with E-state index in [0.717, 1.165) is 32.1 Å². The Labute approximate surface area is 209 Å². The van der Waals surface area contributed by atoms with Gasteiger partial charge in [0.1, 0.15) is 27.6 Å². The number of aryl methyl sites for hydroxylation is 1. The number of carboxylic acid groups (broad SMARTS) is 1. The molecule has 3 N–H and O–H groups in total. The van der Waals surface area contributed by atoms with Crippen LogP contribution in [-0.2, 0) is 12.8 Å². The first-order chi connectivity index (χ1) is 16.2. The number of methoxy groups -OCH3 is 1. The van der Waals surface area contributed by atoms with Crippen LogP contribution < -0.4 is 9.47 Å². The molecule has 186 valence electrons. The number of hydrogen-bond donors (Lipinski definition) is 3. The third-order valence-electron chi connectivity index (χ3n) is 5.51. The predicted octanol–water partition coefficient (Wildman–Crippen LogP) is 6.80. The normalized spacial score (nSPS) is 10.9. The Kier molecular flexibility index (Phi) is 10.3. The SMILES string of the molecule is CCCCCc1cc(OC(=O)c2c(O)c(Cl)c(O)c(Cl)c2CCCCC)cc(OC)c1C(=O)O. The number of aromatic carboxylic acids is 1. The van der Waals surface area contributed by atoms with E-state index in [-0.39, 0.29) is 33.2 Å². The van der Waals surface area contributed by atoms with Crippen molar-refractivity contribution in [3.63, 3.8) is 0 Å². The lowest BCUT2D eigenvalue weighted by Gasteiger charge is -2.17. The molecule has 9 heteroatoms. The topological polar surface area (TPSA) is 113 Å². The molecule has 0 amide bonds. The molecule has 2 rings (SSSR count). The van der Waals surface area contributed by atoms with Gasteiger partial charge < -0.3 is 24.8 Å². The highest BCUT2D eigenvalue weighted by atomic mass is 35.5. The van der Waals surface area contributed by atoms with E-state index in [4.69, 9.17) is 32.7 Å². The van der Waals surface area contributed by atoms with Crippen molar-refractivity contribution in [3.8, 4) is 23.0 Å². The molecular formula is C25H30Cl2O7. The van der Waals surface area contributed by atoms with E-state index in [2.05, 4.69) is 0 Å². The molecule has 2 aromatic rings. The van der Waals surface area contributed by atoms with Crippen LogP contribution in [0.2, 0.25) is 10.0 Å². The Morgan fingerprint density at radius 2 is 1.50 bits per heavy atom. The lowest BCUT2D eigenvalue weighted by molar-refractivity contribution is 0.0691. The fourth-order valence-electron chi connectivity index (χ4n) is 3.75. The molecule has 0 unspecified atom stereocenters. The Morgan fingerprint density at radius 1 is 0.882 bits per heavy atom. The number of ether oxygens (including phenoxy) is 2. The summed E-state index contributed by atoms with van der Waals surface area (Å²) in [7, 11) is 1.33. The summed E-state index contributed by atoms with van der Waals surface area (Å²) < 4.78 is 10.8. The highest BCUT2D eigenvalue weighted by Gasteiger charge is 2.28. The van der Waals surface area contributed by atoms with Crippen LogP contribution in [0.15, 0.2) is 12.1 Å². The van der Waals surface area contributed by atoms with E-state index < -0.39 is 28.5 Å². The zero-order chi connectivity index (χ0) is 25.4. The average Bonchev–Trinajstić information content (AvgIpc) is 2.80. The van der Waals surface area contributed by atoms with Crippen LogP contribution in [0.4, 0.5) is 0 Å². The molecule has 34 heavy (non-hydrogen) atoms.